The van der Waals surface area contributed by atoms with Crippen molar-refractivity contribution in [3.8, 4) is 0 Å². The number of anilines is 1. The molecule has 9 heteroatoms. The van der Waals surface area contributed by atoms with Crippen LogP contribution in [0.3, 0.4) is 0 Å². The molecule has 0 bridgehead atoms. The van der Waals surface area contributed by atoms with E-state index < -0.39 is 9.96 Å². The molecule has 1 aromatic carbocycles. The summed E-state index contributed by atoms with van der Waals surface area (Å²) in [5.41, 5.74) is 0.828. The monoisotopic (exact) mass is 535 g/mol. The summed E-state index contributed by atoms with van der Waals surface area (Å²) in [5.74, 6) is -0.183. The van der Waals surface area contributed by atoms with Gasteiger partial charge in [-0.15, -0.1) is 0 Å². The molecule has 1 rings (SSSR count). The van der Waals surface area contributed by atoms with Crippen LogP contribution in [0.1, 0.15) is 39.0 Å². The van der Waals surface area contributed by atoms with E-state index in [9.17, 15) is 4.79 Å². The topological polar surface area (TPSA) is 53.2 Å². The molecule has 25 heavy (non-hydrogen) atoms. The highest BCUT2D eigenvalue weighted by Crippen LogP contribution is 2.29. The van der Waals surface area contributed by atoms with Gasteiger partial charge in [-0.3, -0.25) is 4.79 Å². The molecule has 0 fully saturated rings. The molecule has 0 aromatic heterocycles. The Bertz CT molecular complexity index is 584. The summed E-state index contributed by atoms with van der Waals surface area (Å²) in [6, 6.07) is 7.63. The largest absolute Gasteiger partial charge is 0.339 e. The van der Waals surface area contributed by atoms with Gasteiger partial charge in [-0.05, 0) is 53.4 Å². The van der Waals surface area contributed by atoms with Crippen LogP contribution in [0, 0.1) is 3.57 Å². The number of carbonyl (C=O) groups excluding carboxylic acids is 1. The summed E-state index contributed by atoms with van der Waals surface area (Å²) < 4.78 is -0.746. The average molecular weight is 537 g/mol. The number of alkyl halides is 3. The summed E-state index contributed by atoms with van der Waals surface area (Å²) in [4.78, 5) is 12.1. The van der Waals surface area contributed by atoms with Crippen molar-refractivity contribution >= 4 is 86.3 Å². The Labute approximate surface area is 182 Å². The van der Waals surface area contributed by atoms with Gasteiger partial charge in [-0.25, -0.2) is 0 Å². The molecule has 0 aliphatic carbocycles. The molecular formula is C16H21Cl3IN3OS. The van der Waals surface area contributed by atoms with E-state index in [0.29, 0.717) is 6.42 Å². The molecule has 1 amide bonds. The number of unbranched alkanes of at least 4 members (excludes halogenated alkanes) is 3. The number of hydrogen-bond acceptors (Lipinski definition) is 2. The first-order valence-electron chi connectivity index (χ1n) is 7.92. The van der Waals surface area contributed by atoms with Crippen molar-refractivity contribution in [2.45, 2.75) is 49.0 Å². The van der Waals surface area contributed by atoms with Crippen molar-refractivity contribution in [2.75, 3.05) is 5.32 Å². The molecule has 0 heterocycles. The first kappa shape index (κ1) is 23.0. The van der Waals surface area contributed by atoms with E-state index in [1.165, 1.54) is 0 Å². The summed E-state index contributed by atoms with van der Waals surface area (Å²) in [6.07, 6.45) is 3.47. The zero-order chi connectivity index (χ0) is 18.9. The van der Waals surface area contributed by atoms with Crippen molar-refractivity contribution in [3.05, 3.63) is 27.8 Å². The molecule has 0 saturated carbocycles. The molecule has 0 saturated heterocycles. The Kier molecular flexibility index (Phi) is 10.7. The van der Waals surface area contributed by atoms with Gasteiger partial charge in [-0.1, -0.05) is 73.1 Å². The lowest BCUT2D eigenvalue weighted by Crippen LogP contribution is -2.56. The van der Waals surface area contributed by atoms with Crippen molar-refractivity contribution in [3.63, 3.8) is 0 Å². The number of halogens is 4. The second kappa shape index (κ2) is 11.6. The smallest absolute Gasteiger partial charge is 0.228 e. The van der Waals surface area contributed by atoms with Crippen molar-refractivity contribution in [2.24, 2.45) is 0 Å². The third kappa shape index (κ3) is 9.47. The minimum absolute atomic E-state index is 0.183. The van der Waals surface area contributed by atoms with Gasteiger partial charge in [0, 0.05) is 9.99 Å². The highest BCUT2D eigenvalue weighted by Gasteiger charge is 2.34. The van der Waals surface area contributed by atoms with Gasteiger partial charge in [-0.2, -0.15) is 0 Å². The third-order valence-electron chi connectivity index (χ3n) is 3.29. The summed E-state index contributed by atoms with van der Waals surface area (Å²) in [5, 5.41) is 8.83. The fraction of sp³-hybridized carbons (Fsp3) is 0.500. The zero-order valence-electron chi connectivity index (χ0n) is 13.8. The van der Waals surface area contributed by atoms with Crippen LogP contribution in [0.5, 0.6) is 0 Å². The van der Waals surface area contributed by atoms with E-state index in [-0.39, 0.29) is 11.0 Å². The number of rotatable bonds is 8. The first-order valence-corrected chi connectivity index (χ1v) is 10.5. The van der Waals surface area contributed by atoms with Crippen molar-refractivity contribution in [1.82, 2.24) is 10.6 Å². The van der Waals surface area contributed by atoms with E-state index in [1.54, 1.807) is 0 Å². The number of nitrogens with one attached hydrogen (secondary N) is 3. The quantitative estimate of drug-likeness (QED) is 0.138. The molecule has 0 aliphatic heterocycles. The fourth-order valence-electron chi connectivity index (χ4n) is 2.00. The Balaban J connectivity index is 2.59. The van der Waals surface area contributed by atoms with Crippen LogP contribution < -0.4 is 16.0 Å². The summed E-state index contributed by atoms with van der Waals surface area (Å²) in [7, 11) is 0. The predicted molar refractivity (Wildman–Crippen MR) is 119 cm³/mol. The minimum Gasteiger partial charge on any atom is -0.339 e. The lowest BCUT2D eigenvalue weighted by atomic mass is 10.1. The minimum atomic E-state index is -1.74. The molecule has 0 unspecified atom stereocenters. The maximum atomic E-state index is 12.1. The van der Waals surface area contributed by atoms with Crippen LogP contribution >= 0.6 is 69.6 Å². The number of carbonyl (C=O) groups is 1. The van der Waals surface area contributed by atoms with Gasteiger partial charge in [0.2, 0.25) is 9.70 Å². The Morgan fingerprint density at radius 1 is 1.20 bits per heavy atom. The third-order valence-corrected chi connectivity index (χ3v) is 5.10. The van der Waals surface area contributed by atoms with Crippen LogP contribution in [-0.2, 0) is 4.79 Å². The Morgan fingerprint density at radius 3 is 2.48 bits per heavy atom. The van der Waals surface area contributed by atoms with E-state index in [0.717, 1.165) is 34.9 Å². The molecule has 1 atom stereocenters. The highest BCUT2D eigenvalue weighted by molar-refractivity contribution is 14.1. The lowest BCUT2D eigenvalue weighted by Gasteiger charge is -2.28. The van der Waals surface area contributed by atoms with Gasteiger partial charge < -0.3 is 16.0 Å². The number of thiocarbonyl (C=S) groups is 1. The number of benzene rings is 1. The maximum Gasteiger partial charge on any atom is 0.228 e. The second-order valence-corrected chi connectivity index (χ2v) is 9.37. The zero-order valence-corrected chi connectivity index (χ0v) is 19.0. The van der Waals surface area contributed by atoms with E-state index in [4.69, 9.17) is 47.0 Å². The molecule has 0 aliphatic rings. The summed E-state index contributed by atoms with van der Waals surface area (Å²) >= 11 is 25.4. The van der Waals surface area contributed by atoms with Gasteiger partial charge in [0.15, 0.2) is 5.11 Å². The fourth-order valence-corrected chi connectivity index (χ4v) is 3.07. The van der Waals surface area contributed by atoms with Gasteiger partial charge in [0.05, 0.1) is 5.69 Å². The summed E-state index contributed by atoms with van der Waals surface area (Å²) in [6.45, 7) is 2.12. The van der Waals surface area contributed by atoms with Crippen LogP contribution in [0.2, 0.25) is 0 Å². The number of amides is 1. The molecule has 0 radical (unpaired) electrons. The molecule has 0 spiro atoms. The Hall–Kier alpha value is -0.0200. The van der Waals surface area contributed by atoms with E-state index in [2.05, 4.69) is 45.5 Å². The SMILES string of the molecule is CCCCCCC(=O)N[C@H](NC(=S)Nc1ccccc1I)C(Cl)(Cl)Cl. The van der Waals surface area contributed by atoms with Crippen LogP contribution in [0.4, 0.5) is 5.69 Å². The number of para-hydroxylation sites is 1. The van der Waals surface area contributed by atoms with Crippen LogP contribution in [0.15, 0.2) is 24.3 Å². The number of hydrogen-bond donors (Lipinski definition) is 3. The van der Waals surface area contributed by atoms with E-state index >= 15 is 0 Å². The second-order valence-electron chi connectivity index (χ2n) is 5.43. The standard InChI is InChI=1S/C16H21Cl3IN3OS/c1-2-3-4-5-10-13(24)22-14(16(17,18)19)23-15(25)21-12-9-7-6-8-11(12)20/h6-9,14H,2-5,10H2,1H3,(H,22,24)(H2,21,23,25)/t14-/m1/s1. The normalized spacial score (nSPS) is 12.4. The lowest BCUT2D eigenvalue weighted by molar-refractivity contribution is -0.122. The van der Waals surface area contributed by atoms with Gasteiger partial charge >= 0.3 is 0 Å². The highest BCUT2D eigenvalue weighted by atomic mass is 127. The Morgan fingerprint density at radius 2 is 1.88 bits per heavy atom. The maximum absolute atomic E-state index is 12.1. The molecule has 3 N–H and O–H groups in total. The average Bonchev–Trinajstić information content (AvgIpc) is 2.52. The van der Waals surface area contributed by atoms with Crippen LogP contribution in [-0.4, -0.2) is 21.0 Å². The molecule has 1 aromatic rings. The molecule has 4 nitrogen and oxygen atoms in total. The van der Waals surface area contributed by atoms with Crippen molar-refractivity contribution < 1.29 is 4.79 Å². The van der Waals surface area contributed by atoms with Crippen LogP contribution in [0.25, 0.3) is 0 Å². The molecular weight excluding hydrogens is 516 g/mol. The van der Waals surface area contributed by atoms with E-state index in [1.807, 2.05) is 24.3 Å². The molecule has 140 valence electrons. The van der Waals surface area contributed by atoms with Gasteiger partial charge in [0.1, 0.15) is 6.17 Å². The van der Waals surface area contributed by atoms with Gasteiger partial charge in [0.25, 0.3) is 0 Å². The first-order chi connectivity index (χ1) is 11.7. The predicted octanol–water partition coefficient (Wildman–Crippen LogP) is 5.36. The van der Waals surface area contributed by atoms with Crippen molar-refractivity contribution in [1.29, 1.82) is 0 Å².